The summed E-state index contributed by atoms with van der Waals surface area (Å²) in [5.74, 6) is 0.203. The Balaban J connectivity index is 2.06. The molecule has 1 aromatic carbocycles. The summed E-state index contributed by atoms with van der Waals surface area (Å²) in [6, 6.07) is 8.40. The van der Waals surface area contributed by atoms with Crippen LogP contribution < -0.4 is 10.6 Å². The average molecular weight is 302 g/mol. The van der Waals surface area contributed by atoms with Gasteiger partial charge in [0.1, 0.15) is 18.0 Å². The first-order valence-electron chi connectivity index (χ1n) is 6.85. The van der Waals surface area contributed by atoms with Crippen LogP contribution in [0.25, 0.3) is 0 Å². The highest BCUT2D eigenvalue weighted by Gasteiger charge is 2.09. The number of methoxy groups -OCH3 is 1. The number of rotatable bonds is 8. The number of ether oxygens (including phenoxy) is 1. The number of benzene rings is 1. The predicted molar refractivity (Wildman–Crippen MR) is 83.7 cm³/mol. The minimum atomic E-state index is -0.991. The van der Waals surface area contributed by atoms with E-state index in [1.807, 2.05) is 0 Å². The molecule has 0 radical (unpaired) electrons. The molecule has 0 bridgehead atoms. The predicted octanol–water partition coefficient (Wildman–Crippen LogP) is 2.37. The average Bonchev–Trinajstić information content (AvgIpc) is 2.52. The zero-order chi connectivity index (χ0) is 15.8. The van der Waals surface area contributed by atoms with Crippen LogP contribution in [0.15, 0.2) is 36.7 Å². The molecule has 116 valence electrons. The summed E-state index contributed by atoms with van der Waals surface area (Å²) in [6.45, 7) is 1.41. The molecule has 1 aromatic heterocycles. The second-order valence-corrected chi connectivity index (χ2v) is 4.54. The van der Waals surface area contributed by atoms with Crippen molar-refractivity contribution < 1.29 is 14.6 Å². The van der Waals surface area contributed by atoms with Crippen LogP contribution in [-0.4, -0.2) is 41.3 Å². The number of carboxylic acid groups (broad SMARTS) is 1. The van der Waals surface area contributed by atoms with Gasteiger partial charge in [0.15, 0.2) is 0 Å². The third-order valence-electron chi connectivity index (χ3n) is 2.92. The maximum Gasteiger partial charge on any atom is 0.337 e. The molecule has 22 heavy (non-hydrogen) atoms. The van der Waals surface area contributed by atoms with E-state index in [-0.39, 0.29) is 5.56 Å². The lowest BCUT2D eigenvalue weighted by molar-refractivity contribution is 0.0698. The Kier molecular flexibility index (Phi) is 5.67. The van der Waals surface area contributed by atoms with Crippen LogP contribution in [0.3, 0.4) is 0 Å². The standard InChI is InChI=1S/C15H18N4O3/c1-22-8-4-7-16-13-9-14(18-10-17-13)19-12-6-3-2-5-11(12)15(20)21/h2-3,5-6,9-10H,4,7-8H2,1H3,(H,20,21)(H2,16,17,18,19). The third-order valence-corrected chi connectivity index (χ3v) is 2.92. The fourth-order valence-electron chi connectivity index (χ4n) is 1.87. The maximum absolute atomic E-state index is 11.2. The fraction of sp³-hybridized carbons (Fsp3) is 0.267. The first kappa shape index (κ1) is 15.7. The van der Waals surface area contributed by atoms with Gasteiger partial charge in [-0.25, -0.2) is 14.8 Å². The van der Waals surface area contributed by atoms with Crippen molar-refractivity contribution in [3.05, 3.63) is 42.2 Å². The van der Waals surface area contributed by atoms with E-state index in [1.54, 1.807) is 31.4 Å². The summed E-state index contributed by atoms with van der Waals surface area (Å²) in [5.41, 5.74) is 0.676. The highest BCUT2D eigenvalue weighted by Crippen LogP contribution is 2.20. The Hall–Kier alpha value is -2.67. The SMILES string of the molecule is COCCCNc1cc(Nc2ccccc2C(=O)O)ncn1. The van der Waals surface area contributed by atoms with E-state index in [0.717, 1.165) is 13.0 Å². The molecule has 2 rings (SSSR count). The highest BCUT2D eigenvalue weighted by molar-refractivity contribution is 5.95. The summed E-state index contributed by atoms with van der Waals surface area (Å²) in [7, 11) is 1.66. The molecule has 0 saturated carbocycles. The van der Waals surface area contributed by atoms with Gasteiger partial charge in [-0.05, 0) is 18.6 Å². The van der Waals surface area contributed by atoms with Gasteiger partial charge >= 0.3 is 5.97 Å². The second-order valence-electron chi connectivity index (χ2n) is 4.54. The summed E-state index contributed by atoms with van der Waals surface area (Å²) in [5, 5.41) is 15.3. The van der Waals surface area contributed by atoms with Crippen molar-refractivity contribution in [2.24, 2.45) is 0 Å². The Morgan fingerprint density at radius 2 is 2.05 bits per heavy atom. The second kappa shape index (κ2) is 7.94. The van der Waals surface area contributed by atoms with Crippen molar-refractivity contribution in [3.8, 4) is 0 Å². The van der Waals surface area contributed by atoms with Crippen LogP contribution in [-0.2, 0) is 4.74 Å². The number of nitrogens with zero attached hydrogens (tertiary/aromatic N) is 2. The zero-order valence-corrected chi connectivity index (χ0v) is 12.2. The van der Waals surface area contributed by atoms with Crippen LogP contribution in [0.5, 0.6) is 0 Å². The van der Waals surface area contributed by atoms with E-state index in [0.29, 0.717) is 23.9 Å². The third kappa shape index (κ3) is 4.42. The van der Waals surface area contributed by atoms with Gasteiger partial charge in [-0.1, -0.05) is 12.1 Å². The van der Waals surface area contributed by atoms with Gasteiger partial charge in [0.2, 0.25) is 0 Å². The van der Waals surface area contributed by atoms with Gasteiger partial charge in [-0.2, -0.15) is 0 Å². The van der Waals surface area contributed by atoms with E-state index in [2.05, 4.69) is 20.6 Å². The van der Waals surface area contributed by atoms with Gasteiger partial charge < -0.3 is 20.5 Å². The Morgan fingerprint density at radius 3 is 2.82 bits per heavy atom. The Bertz CT molecular complexity index is 634. The van der Waals surface area contributed by atoms with Crippen LogP contribution in [0.2, 0.25) is 0 Å². The molecule has 0 aliphatic carbocycles. The number of aromatic nitrogens is 2. The molecule has 0 atom stereocenters. The Morgan fingerprint density at radius 1 is 1.27 bits per heavy atom. The van der Waals surface area contributed by atoms with E-state index in [9.17, 15) is 4.79 Å². The molecule has 0 unspecified atom stereocenters. The van der Waals surface area contributed by atoms with E-state index in [1.165, 1.54) is 12.4 Å². The summed E-state index contributed by atoms with van der Waals surface area (Å²) >= 11 is 0. The van der Waals surface area contributed by atoms with Gasteiger partial charge in [0.05, 0.1) is 11.3 Å². The topological polar surface area (TPSA) is 96.4 Å². The molecule has 0 aliphatic heterocycles. The number of anilines is 3. The molecule has 0 aliphatic rings. The van der Waals surface area contributed by atoms with Crippen molar-refractivity contribution in [3.63, 3.8) is 0 Å². The van der Waals surface area contributed by atoms with Crippen LogP contribution in [0.4, 0.5) is 17.3 Å². The van der Waals surface area contributed by atoms with E-state index < -0.39 is 5.97 Å². The first-order valence-corrected chi connectivity index (χ1v) is 6.85. The lowest BCUT2D eigenvalue weighted by Gasteiger charge is -2.10. The number of hydrogen-bond donors (Lipinski definition) is 3. The maximum atomic E-state index is 11.2. The smallest absolute Gasteiger partial charge is 0.337 e. The zero-order valence-electron chi connectivity index (χ0n) is 12.2. The molecule has 1 heterocycles. The lowest BCUT2D eigenvalue weighted by atomic mass is 10.2. The summed E-state index contributed by atoms with van der Waals surface area (Å²) < 4.78 is 4.98. The molecule has 2 aromatic rings. The number of aromatic carboxylic acids is 1. The molecular formula is C15H18N4O3. The minimum absolute atomic E-state index is 0.190. The highest BCUT2D eigenvalue weighted by atomic mass is 16.5. The Labute approximate surface area is 128 Å². The van der Waals surface area contributed by atoms with Crippen molar-refractivity contribution in [2.75, 3.05) is 30.9 Å². The van der Waals surface area contributed by atoms with Crippen LogP contribution in [0, 0.1) is 0 Å². The lowest BCUT2D eigenvalue weighted by Crippen LogP contribution is -2.07. The normalized spacial score (nSPS) is 10.2. The van der Waals surface area contributed by atoms with Crippen LogP contribution in [0.1, 0.15) is 16.8 Å². The van der Waals surface area contributed by atoms with Gasteiger partial charge in [-0.15, -0.1) is 0 Å². The number of carboxylic acids is 1. The molecule has 7 heteroatoms. The molecule has 0 amide bonds. The molecule has 0 saturated heterocycles. The largest absolute Gasteiger partial charge is 0.478 e. The monoisotopic (exact) mass is 302 g/mol. The number of para-hydroxylation sites is 1. The van der Waals surface area contributed by atoms with E-state index >= 15 is 0 Å². The quantitative estimate of drug-likeness (QED) is 0.644. The number of nitrogens with one attached hydrogen (secondary N) is 2. The molecule has 0 fully saturated rings. The minimum Gasteiger partial charge on any atom is -0.478 e. The fourth-order valence-corrected chi connectivity index (χ4v) is 1.87. The molecule has 7 nitrogen and oxygen atoms in total. The van der Waals surface area contributed by atoms with Crippen molar-refractivity contribution in [2.45, 2.75) is 6.42 Å². The van der Waals surface area contributed by atoms with Gasteiger partial charge in [0.25, 0.3) is 0 Å². The van der Waals surface area contributed by atoms with Gasteiger partial charge in [-0.3, -0.25) is 0 Å². The molecular weight excluding hydrogens is 284 g/mol. The van der Waals surface area contributed by atoms with Crippen molar-refractivity contribution >= 4 is 23.3 Å². The first-order chi connectivity index (χ1) is 10.7. The molecule has 3 N–H and O–H groups in total. The van der Waals surface area contributed by atoms with Crippen molar-refractivity contribution in [1.82, 2.24) is 9.97 Å². The van der Waals surface area contributed by atoms with Gasteiger partial charge in [0, 0.05) is 26.3 Å². The van der Waals surface area contributed by atoms with Crippen molar-refractivity contribution in [1.29, 1.82) is 0 Å². The summed E-state index contributed by atoms with van der Waals surface area (Å²) in [6.07, 6.45) is 2.29. The van der Waals surface area contributed by atoms with E-state index in [4.69, 9.17) is 9.84 Å². The summed E-state index contributed by atoms with van der Waals surface area (Å²) in [4.78, 5) is 19.4. The molecule has 0 spiro atoms. The number of carbonyl (C=O) groups is 1. The van der Waals surface area contributed by atoms with Crippen LogP contribution >= 0.6 is 0 Å². The number of hydrogen-bond acceptors (Lipinski definition) is 6.